The SMILES string of the molecule is CN(C)c1ccc(N)cc1C(=O)NC1CCS(=O)CC1. The number of nitrogen functional groups attached to an aromatic ring is 1. The Hall–Kier alpha value is -1.56. The fourth-order valence-electron chi connectivity index (χ4n) is 2.33. The summed E-state index contributed by atoms with van der Waals surface area (Å²) in [5.41, 5.74) is 7.78. The van der Waals surface area contributed by atoms with Gasteiger partial charge in [0.05, 0.1) is 5.56 Å². The maximum atomic E-state index is 12.4. The molecule has 0 radical (unpaired) electrons. The summed E-state index contributed by atoms with van der Waals surface area (Å²) < 4.78 is 11.3. The molecule has 6 heteroatoms. The topological polar surface area (TPSA) is 75.4 Å². The Balaban J connectivity index is 2.12. The summed E-state index contributed by atoms with van der Waals surface area (Å²) in [5.74, 6) is 1.23. The zero-order chi connectivity index (χ0) is 14.7. The molecule has 3 N–H and O–H groups in total. The third kappa shape index (κ3) is 3.50. The first kappa shape index (κ1) is 14.8. The second-order valence-corrected chi connectivity index (χ2v) is 6.96. The third-order valence-corrected chi connectivity index (χ3v) is 4.85. The van der Waals surface area contributed by atoms with Crippen molar-refractivity contribution in [2.45, 2.75) is 18.9 Å². The number of hydrogen-bond donors (Lipinski definition) is 2. The average Bonchev–Trinajstić information content (AvgIpc) is 2.41. The fraction of sp³-hybridized carbons (Fsp3) is 0.500. The predicted molar refractivity (Wildman–Crippen MR) is 83.5 cm³/mol. The van der Waals surface area contributed by atoms with Crippen molar-refractivity contribution in [3.05, 3.63) is 23.8 Å². The summed E-state index contributed by atoms with van der Waals surface area (Å²) in [6.07, 6.45) is 1.55. The van der Waals surface area contributed by atoms with Crippen LogP contribution >= 0.6 is 0 Å². The Morgan fingerprint density at radius 1 is 1.35 bits per heavy atom. The van der Waals surface area contributed by atoms with Gasteiger partial charge in [-0.15, -0.1) is 0 Å². The van der Waals surface area contributed by atoms with E-state index in [0.29, 0.717) is 22.8 Å². The van der Waals surface area contributed by atoms with Crippen LogP contribution in [-0.2, 0) is 10.8 Å². The molecule has 0 unspecified atom stereocenters. The van der Waals surface area contributed by atoms with Gasteiger partial charge < -0.3 is 16.0 Å². The van der Waals surface area contributed by atoms with Crippen molar-refractivity contribution in [3.8, 4) is 0 Å². The van der Waals surface area contributed by atoms with Crippen molar-refractivity contribution in [1.29, 1.82) is 0 Å². The predicted octanol–water partition coefficient (Wildman–Crippen LogP) is 0.976. The highest BCUT2D eigenvalue weighted by Gasteiger charge is 2.21. The maximum absolute atomic E-state index is 12.4. The zero-order valence-electron chi connectivity index (χ0n) is 11.9. The van der Waals surface area contributed by atoms with E-state index in [1.54, 1.807) is 12.1 Å². The quantitative estimate of drug-likeness (QED) is 0.815. The van der Waals surface area contributed by atoms with Crippen LogP contribution in [0.2, 0.25) is 0 Å². The van der Waals surface area contributed by atoms with Gasteiger partial charge in [0, 0.05) is 53.8 Å². The van der Waals surface area contributed by atoms with Crippen LogP contribution in [0.1, 0.15) is 23.2 Å². The molecule has 0 bridgehead atoms. The van der Waals surface area contributed by atoms with E-state index in [1.165, 1.54) is 0 Å². The van der Waals surface area contributed by atoms with Gasteiger partial charge in [0.15, 0.2) is 0 Å². The lowest BCUT2D eigenvalue weighted by Crippen LogP contribution is -2.40. The summed E-state index contributed by atoms with van der Waals surface area (Å²) >= 11 is 0. The fourth-order valence-corrected chi connectivity index (χ4v) is 3.63. The molecule has 0 atom stereocenters. The minimum atomic E-state index is -0.715. The van der Waals surface area contributed by atoms with Gasteiger partial charge in [0.1, 0.15) is 0 Å². The van der Waals surface area contributed by atoms with E-state index >= 15 is 0 Å². The van der Waals surface area contributed by atoms with Crippen molar-refractivity contribution >= 4 is 28.1 Å². The Morgan fingerprint density at radius 2 is 2.00 bits per heavy atom. The number of rotatable bonds is 3. The third-order valence-electron chi connectivity index (χ3n) is 3.47. The van der Waals surface area contributed by atoms with E-state index in [1.807, 2.05) is 25.1 Å². The molecule has 1 saturated heterocycles. The van der Waals surface area contributed by atoms with Crippen LogP contribution in [0.4, 0.5) is 11.4 Å². The van der Waals surface area contributed by atoms with Gasteiger partial charge in [-0.05, 0) is 31.0 Å². The van der Waals surface area contributed by atoms with Crippen LogP contribution in [0.5, 0.6) is 0 Å². The number of carbonyl (C=O) groups is 1. The highest BCUT2D eigenvalue weighted by molar-refractivity contribution is 7.85. The van der Waals surface area contributed by atoms with E-state index in [-0.39, 0.29) is 11.9 Å². The van der Waals surface area contributed by atoms with Crippen LogP contribution in [0.3, 0.4) is 0 Å². The van der Waals surface area contributed by atoms with Gasteiger partial charge in [0.2, 0.25) is 0 Å². The molecule has 1 amide bonds. The van der Waals surface area contributed by atoms with Crippen LogP contribution in [-0.4, -0.2) is 41.8 Å². The van der Waals surface area contributed by atoms with E-state index in [4.69, 9.17) is 5.73 Å². The molecule has 110 valence electrons. The summed E-state index contributed by atoms with van der Waals surface area (Å²) in [4.78, 5) is 14.3. The number of hydrogen-bond acceptors (Lipinski definition) is 4. The van der Waals surface area contributed by atoms with Gasteiger partial charge >= 0.3 is 0 Å². The summed E-state index contributed by atoms with van der Waals surface area (Å²) in [7, 11) is 3.07. The highest BCUT2D eigenvalue weighted by atomic mass is 32.2. The molecule has 0 aromatic heterocycles. The molecule has 0 spiro atoms. The molecule has 0 saturated carbocycles. The molecule has 20 heavy (non-hydrogen) atoms. The van der Waals surface area contributed by atoms with Gasteiger partial charge in [-0.25, -0.2) is 0 Å². The van der Waals surface area contributed by atoms with E-state index in [0.717, 1.165) is 18.5 Å². The highest BCUT2D eigenvalue weighted by Crippen LogP contribution is 2.22. The van der Waals surface area contributed by atoms with Crippen molar-refractivity contribution in [3.63, 3.8) is 0 Å². The first-order valence-electron chi connectivity index (χ1n) is 6.70. The number of nitrogens with one attached hydrogen (secondary N) is 1. The van der Waals surface area contributed by atoms with E-state index < -0.39 is 10.8 Å². The molecule has 1 heterocycles. The molecule has 1 aromatic carbocycles. The zero-order valence-corrected chi connectivity index (χ0v) is 12.7. The molecule has 0 aliphatic carbocycles. The standard InChI is InChI=1S/C14H21N3O2S/c1-17(2)13-4-3-10(15)9-12(13)14(18)16-11-5-7-20(19)8-6-11/h3-4,9,11H,5-8,15H2,1-2H3,(H,16,18). The van der Waals surface area contributed by atoms with Crippen LogP contribution < -0.4 is 16.0 Å². The lowest BCUT2D eigenvalue weighted by atomic mass is 10.1. The molecule has 5 nitrogen and oxygen atoms in total. The second-order valence-electron chi connectivity index (χ2n) is 5.27. The molecule has 1 aromatic rings. The molecular weight excluding hydrogens is 274 g/mol. The normalized spacial score (nSPS) is 22.3. The van der Waals surface area contributed by atoms with Gasteiger partial charge in [0.25, 0.3) is 5.91 Å². The second kappa shape index (κ2) is 6.26. The summed E-state index contributed by atoms with van der Waals surface area (Å²) in [6.45, 7) is 0. The Kier molecular flexibility index (Phi) is 4.65. The minimum Gasteiger partial charge on any atom is -0.399 e. The average molecular weight is 295 g/mol. The van der Waals surface area contributed by atoms with Crippen molar-refractivity contribution in [2.75, 3.05) is 36.2 Å². The monoisotopic (exact) mass is 295 g/mol. The van der Waals surface area contributed by atoms with E-state index in [9.17, 15) is 9.00 Å². The Morgan fingerprint density at radius 3 is 2.60 bits per heavy atom. The van der Waals surface area contributed by atoms with Gasteiger partial charge in [-0.2, -0.15) is 0 Å². The molecule has 2 rings (SSSR count). The van der Waals surface area contributed by atoms with Crippen LogP contribution in [0, 0.1) is 0 Å². The van der Waals surface area contributed by atoms with Gasteiger partial charge in [-0.1, -0.05) is 0 Å². The molecule has 1 aliphatic rings. The largest absolute Gasteiger partial charge is 0.399 e. The Labute approximate surface area is 122 Å². The van der Waals surface area contributed by atoms with Gasteiger partial charge in [-0.3, -0.25) is 9.00 Å². The van der Waals surface area contributed by atoms with Crippen molar-refractivity contribution in [1.82, 2.24) is 5.32 Å². The Bertz CT molecular complexity index is 521. The van der Waals surface area contributed by atoms with Crippen LogP contribution in [0.25, 0.3) is 0 Å². The number of nitrogens with two attached hydrogens (primary N) is 1. The number of carbonyl (C=O) groups excluding carboxylic acids is 1. The first-order valence-corrected chi connectivity index (χ1v) is 8.19. The minimum absolute atomic E-state index is 0.108. The molecule has 1 aliphatic heterocycles. The van der Waals surface area contributed by atoms with Crippen molar-refractivity contribution in [2.24, 2.45) is 0 Å². The number of amides is 1. The lowest BCUT2D eigenvalue weighted by molar-refractivity contribution is 0.0935. The molecule has 1 fully saturated rings. The number of anilines is 2. The summed E-state index contributed by atoms with van der Waals surface area (Å²) in [6, 6.07) is 5.44. The van der Waals surface area contributed by atoms with E-state index in [2.05, 4.69) is 5.32 Å². The molecular formula is C14H21N3O2S. The maximum Gasteiger partial charge on any atom is 0.253 e. The lowest BCUT2D eigenvalue weighted by Gasteiger charge is -2.24. The number of nitrogens with zero attached hydrogens (tertiary/aromatic N) is 1. The smallest absolute Gasteiger partial charge is 0.253 e. The number of benzene rings is 1. The first-order chi connectivity index (χ1) is 9.47. The van der Waals surface area contributed by atoms with Crippen LogP contribution in [0.15, 0.2) is 18.2 Å². The summed E-state index contributed by atoms with van der Waals surface area (Å²) in [5, 5.41) is 3.02. The van der Waals surface area contributed by atoms with Crippen molar-refractivity contribution < 1.29 is 9.00 Å².